The lowest BCUT2D eigenvalue weighted by atomic mass is 10.1. The molecule has 0 unspecified atom stereocenters. The van der Waals surface area contributed by atoms with Crippen LogP contribution in [0.1, 0.15) is 33.6 Å². The lowest BCUT2D eigenvalue weighted by Gasteiger charge is -2.11. The van der Waals surface area contributed by atoms with Crippen LogP contribution < -0.4 is 20.1 Å². The van der Waals surface area contributed by atoms with Crippen molar-refractivity contribution in [3.63, 3.8) is 0 Å². The van der Waals surface area contributed by atoms with Gasteiger partial charge in [-0.3, -0.25) is 9.59 Å². The number of anilines is 1. The fourth-order valence-corrected chi connectivity index (χ4v) is 2.42. The van der Waals surface area contributed by atoms with Gasteiger partial charge in [-0.15, -0.1) is 0 Å². The summed E-state index contributed by atoms with van der Waals surface area (Å²) in [6.45, 7) is 0. The number of carbonyl (C=O) groups excluding carboxylic acids is 2. The molecule has 25 heavy (non-hydrogen) atoms. The summed E-state index contributed by atoms with van der Waals surface area (Å²) >= 11 is 0. The van der Waals surface area contributed by atoms with Crippen LogP contribution in [0.25, 0.3) is 0 Å². The van der Waals surface area contributed by atoms with E-state index in [1.54, 1.807) is 49.6 Å². The summed E-state index contributed by atoms with van der Waals surface area (Å²) in [6.07, 6.45) is 2.05. The third-order valence-electron chi connectivity index (χ3n) is 3.95. The van der Waals surface area contributed by atoms with E-state index >= 15 is 0 Å². The topological polar surface area (TPSA) is 76.7 Å². The summed E-state index contributed by atoms with van der Waals surface area (Å²) in [4.78, 5) is 24.6. The quantitative estimate of drug-likeness (QED) is 0.848. The smallest absolute Gasteiger partial charge is 0.259 e. The first-order valence-corrected chi connectivity index (χ1v) is 8.05. The first kappa shape index (κ1) is 16.8. The van der Waals surface area contributed by atoms with E-state index in [-0.39, 0.29) is 17.9 Å². The number of rotatable bonds is 6. The molecule has 0 radical (unpaired) electrons. The molecular weight excluding hydrogens is 320 g/mol. The van der Waals surface area contributed by atoms with E-state index in [2.05, 4.69) is 10.6 Å². The van der Waals surface area contributed by atoms with Gasteiger partial charge in [-0.2, -0.15) is 0 Å². The van der Waals surface area contributed by atoms with Gasteiger partial charge in [0.1, 0.15) is 11.5 Å². The summed E-state index contributed by atoms with van der Waals surface area (Å²) in [5, 5.41) is 5.72. The summed E-state index contributed by atoms with van der Waals surface area (Å²) in [5.41, 5.74) is 1.45. The summed E-state index contributed by atoms with van der Waals surface area (Å²) in [6, 6.07) is 12.1. The van der Waals surface area contributed by atoms with E-state index in [9.17, 15) is 9.59 Å². The van der Waals surface area contributed by atoms with Gasteiger partial charge in [0.2, 0.25) is 0 Å². The van der Waals surface area contributed by atoms with Gasteiger partial charge in [-0.05, 0) is 43.2 Å². The van der Waals surface area contributed by atoms with Crippen molar-refractivity contribution in [1.29, 1.82) is 0 Å². The van der Waals surface area contributed by atoms with Crippen molar-refractivity contribution in [3.05, 3.63) is 53.6 Å². The number of hydrogen-bond donors (Lipinski definition) is 2. The molecule has 1 aliphatic rings. The van der Waals surface area contributed by atoms with Gasteiger partial charge in [0.05, 0.1) is 19.8 Å². The zero-order valence-electron chi connectivity index (χ0n) is 14.2. The molecule has 130 valence electrons. The van der Waals surface area contributed by atoms with Gasteiger partial charge in [0.25, 0.3) is 11.8 Å². The molecule has 0 heterocycles. The molecule has 6 heteroatoms. The summed E-state index contributed by atoms with van der Waals surface area (Å²) in [7, 11) is 3.04. The van der Waals surface area contributed by atoms with Crippen LogP contribution in [-0.2, 0) is 0 Å². The van der Waals surface area contributed by atoms with Crippen molar-refractivity contribution < 1.29 is 19.1 Å². The second-order valence-corrected chi connectivity index (χ2v) is 5.85. The predicted octanol–water partition coefficient (Wildman–Crippen LogP) is 2.85. The fourth-order valence-electron chi connectivity index (χ4n) is 2.42. The average molecular weight is 340 g/mol. The SMILES string of the molecule is COc1ccc(C(=O)Nc2cccc(C(=O)NC3CC3)c2)c(OC)c1. The van der Waals surface area contributed by atoms with E-state index in [0.29, 0.717) is 28.3 Å². The molecule has 6 nitrogen and oxygen atoms in total. The molecule has 2 aromatic rings. The number of methoxy groups -OCH3 is 2. The van der Waals surface area contributed by atoms with Gasteiger partial charge in [0.15, 0.2) is 0 Å². The molecule has 1 aliphatic carbocycles. The van der Waals surface area contributed by atoms with Crippen molar-refractivity contribution in [3.8, 4) is 11.5 Å². The second-order valence-electron chi connectivity index (χ2n) is 5.85. The molecule has 1 fully saturated rings. The van der Waals surface area contributed by atoms with E-state index in [1.807, 2.05) is 0 Å². The van der Waals surface area contributed by atoms with E-state index < -0.39 is 0 Å². The zero-order valence-corrected chi connectivity index (χ0v) is 14.2. The van der Waals surface area contributed by atoms with Crippen LogP contribution in [0.5, 0.6) is 11.5 Å². The van der Waals surface area contributed by atoms with E-state index in [4.69, 9.17) is 9.47 Å². The van der Waals surface area contributed by atoms with Crippen LogP contribution in [0.3, 0.4) is 0 Å². The zero-order chi connectivity index (χ0) is 17.8. The normalized spacial score (nSPS) is 13.0. The van der Waals surface area contributed by atoms with Crippen molar-refractivity contribution in [1.82, 2.24) is 5.32 Å². The largest absolute Gasteiger partial charge is 0.497 e. The minimum absolute atomic E-state index is 0.124. The highest BCUT2D eigenvalue weighted by molar-refractivity contribution is 6.07. The molecule has 2 N–H and O–H groups in total. The number of ether oxygens (including phenoxy) is 2. The predicted molar refractivity (Wildman–Crippen MR) is 94.4 cm³/mol. The molecule has 3 rings (SSSR count). The Morgan fingerprint density at radius 3 is 2.48 bits per heavy atom. The molecule has 0 aromatic heterocycles. The Hall–Kier alpha value is -3.02. The minimum atomic E-state index is -0.320. The second kappa shape index (κ2) is 7.25. The monoisotopic (exact) mass is 340 g/mol. The first-order chi connectivity index (χ1) is 12.1. The highest BCUT2D eigenvalue weighted by Gasteiger charge is 2.24. The van der Waals surface area contributed by atoms with Crippen molar-refractivity contribution in [2.24, 2.45) is 0 Å². The third kappa shape index (κ3) is 4.09. The average Bonchev–Trinajstić information content (AvgIpc) is 3.45. The third-order valence-corrected chi connectivity index (χ3v) is 3.95. The highest BCUT2D eigenvalue weighted by atomic mass is 16.5. The van der Waals surface area contributed by atoms with E-state index in [0.717, 1.165) is 12.8 Å². The van der Waals surface area contributed by atoms with Crippen molar-refractivity contribution in [2.75, 3.05) is 19.5 Å². The maximum absolute atomic E-state index is 12.5. The summed E-state index contributed by atoms with van der Waals surface area (Å²) < 4.78 is 10.4. The van der Waals surface area contributed by atoms with Crippen LogP contribution in [0.4, 0.5) is 5.69 Å². The molecule has 0 bridgehead atoms. The number of benzene rings is 2. The van der Waals surface area contributed by atoms with E-state index in [1.165, 1.54) is 7.11 Å². The van der Waals surface area contributed by atoms with Gasteiger partial charge in [-0.25, -0.2) is 0 Å². The van der Waals surface area contributed by atoms with Gasteiger partial charge >= 0.3 is 0 Å². The molecule has 0 spiro atoms. The molecule has 2 amide bonds. The van der Waals surface area contributed by atoms with Crippen LogP contribution >= 0.6 is 0 Å². The van der Waals surface area contributed by atoms with Gasteiger partial charge < -0.3 is 20.1 Å². The standard InChI is InChI=1S/C19H20N2O4/c1-24-15-8-9-16(17(11-15)25-2)19(23)21-14-5-3-4-12(10-14)18(22)20-13-6-7-13/h3-5,8-11,13H,6-7H2,1-2H3,(H,20,22)(H,21,23). The van der Waals surface area contributed by atoms with Crippen LogP contribution in [0, 0.1) is 0 Å². The Kier molecular flexibility index (Phi) is 4.88. The number of amides is 2. The first-order valence-electron chi connectivity index (χ1n) is 8.05. The fraction of sp³-hybridized carbons (Fsp3) is 0.263. The Morgan fingerprint density at radius 1 is 1.00 bits per heavy atom. The van der Waals surface area contributed by atoms with Crippen LogP contribution in [-0.4, -0.2) is 32.1 Å². The maximum Gasteiger partial charge on any atom is 0.259 e. The Bertz CT molecular complexity index is 800. The lowest BCUT2D eigenvalue weighted by Crippen LogP contribution is -2.25. The van der Waals surface area contributed by atoms with Crippen LogP contribution in [0.15, 0.2) is 42.5 Å². The molecule has 2 aromatic carbocycles. The molecular formula is C19H20N2O4. The van der Waals surface area contributed by atoms with Gasteiger partial charge in [0, 0.05) is 23.4 Å². The molecule has 0 saturated heterocycles. The lowest BCUT2D eigenvalue weighted by molar-refractivity contribution is 0.0949. The molecule has 1 saturated carbocycles. The number of hydrogen-bond acceptors (Lipinski definition) is 4. The number of carbonyl (C=O) groups is 2. The Balaban J connectivity index is 1.75. The summed E-state index contributed by atoms with van der Waals surface area (Å²) in [5.74, 6) is 0.575. The minimum Gasteiger partial charge on any atom is -0.497 e. The molecule has 0 atom stereocenters. The van der Waals surface area contributed by atoms with Crippen LogP contribution in [0.2, 0.25) is 0 Å². The van der Waals surface area contributed by atoms with Gasteiger partial charge in [-0.1, -0.05) is 6.07 Å². The molecule has 0 aliphatic heterocycles. The van der Waals surface area contributed by atoms with Crippen molar-refractivity contribution in [2.45, 2.75) is 18.9 Å². The van der Waals surface area contributed by atoms with Crippen molar-refractivity contribution >= 4 is 17.5 Å². The number of nitrogens with one attached hydrogen (secondary N) is 2. The highest BCUT2D eigenvalue weighted by Crippen LogP contribution is 2.25. The Morgan fingerprint density at radius 2 is 1.80 bits per heavy atom. The maximum atomic E-state index is 12.5. The Labute approximate surface area is 146 Å².